The van der Waals surface area contributed by atoms with Crippen LogP contribution in [0.25, 0.3) is 10.8 Å². The minimum Gasteiger partial charge on any atom is -0.507 e. The summed E-state index contributed by atoms with van der Waals surface area (Å²) in [4.78, 5) is 2.17. The fourth-order valence-electron chi connectivity index (χ4n) is 1.98. The Balaban J connectivity index is 2.05. The number of benzene rings is 3. The van der Waals surface area contributed by atoms with E-state index in [-0.39, 0.29) is 11.5 Å². The first-order valence-electron chi connectivity index (χ1n) is 5.91. The highest BCUT2D eigenvalue weighted by atomic mass is 32.2. The number of phenolic OH excluding ortho intramolecular Hbond substituents is 2. The van der Waals surface area contributed by atoms with Crippen molar-refractivity contribution in [1.29, 1.82) is 0 Å². The summed E-state index contributed by atoms with van der Waals surface area (Å²) >= 11 is 1.62. The van der Waals surface area contributed by atoms with Crippen molar-refractivity contribution in [2.45, 2.75) is 9.79 Å². The van der Waals surface area contributed by atoms with Crippen LogP contribution in [0.3, 0.4) is 0 Å². The topological polar surface area (TPSA) is 40.5 Å². The number of hydrogen-bond acceptors (Lipinski definition) is 3. The summed E-state index contributed by atoms with van der Waals surface area (Å²) in [6.45, 7) is 0. The number of phenols is 2. The molecule has 3 aromatic carbocycles. The smallest absolute Gasteiger partial charge is 0.123 e. The molecule has 94 valence electrons. The summed E-state index contributed by atoms with van der Waals surface area (Å²) in [6.07, 6.45) is 0. The molecule has 2 nitrogen and oxygen atoms in total. The number of fused-ring (bicyclic) bond motifs is 1. The average Bonchev–Trinajstić information content (AvgIpc) is 2.44. The van der Waals surface area contributed by atoms with Crippen molar-refractivity contribution in [2.24, 2.45) is 0 Å². The summed E-state index contributed by atoms with van der Waals surface area (Å²) < 4.78 is 0. The lowest BCUT2D eigenvalue weighted by atomic mass is 10.1. The molecule has 0 heterocycles. The van der Waals surface area contributed by atoms with Gasteiger partial charge < -0.3 is 10.2 Å². The molecule has 0 unspecified atom stereocenters. The molecular formula is C16H12O2S. The van der Waals surface area contributed by atoms with Gasteiger partial charge >= 0.3 is 0 Å². The van der Waals surface area contributed by atoms with Crippen LogP contribution in [0.5, 0.6) is 11.5 Å². The maximum absolute atomic E-state index is 9.87. The minimum atomic E-state index is 0.184. The number of rotatable bonds is 2. The Bertz CT molecular complexity index is 723. The van der Waals surface area contributed by atoms with Gasteiger partial charge in [-0.25, -0.2) is 0 Å². The van der Waals surface area contributed by atoms with Crippen LogP contribution in [0.4, 0.5) is 0 Å². The van der Waals surface area contributed by atoms with Gasteiger partial charge in [-0.1, -0.05) is 30.0 Å². The molecule has 19 heavy (non-hydrogen) atoms. The van der Waals surface area contributed by atoms with Gasteiger partial charge in [-0.05, 0) is 42.5 Å². The van der Waals surface area contributed by atoms with E-state index in [0.717, 1.165) is 9.79 Å². The molecule has 0 amide bonds. The molecule has 0 aromatic heterocycles. The minimum absolute atomic E-state index is 0.184. The first kappa shape index (κ1) is 11.9. The van der Waals surface area contributed by atoms with Gasteiger partial charge in [-0.2, -0.15) is 0 Å². The zero-order chi connectivity index (χ0) is 13.2. The van der Waals surface area contributed by atoms with Crippen LogP contribution >= 0.6 is 11.8 Å². The van der Waals surface area contributed by atoms with E-state index in [1.54, 1.807) is 11.8 Å². The lowest BCUT2D eigenvalue weighted by Crippen LogP contribution is -1.78. The largest absolute Gasteiger partial charge is 0.507 e. The Morgan fingerprint density at radius 1 is 0.632 bits per heavy atom. The molecule has 2 N–H and O–H groups in total. The Hall–Kier alpha value is -2.13. The molecule has 0 atom stereocenters. The van der Waals surface area contributed by atoms with Gasteiger partial charge in [-0.3, -0.25) is 0 Å². The van der Waals surface area contributed by atoms with Crippen LogP contribution in [0.2, 0.25) is 0 Å². The standard InChI is InChI=1S/C16H12O2S/c17-15-8-9-16(18)14-10-12(6-7-13(14)15)19-11-4-2-1-3-5-11/h1-10,17-18H. The Labute approximate surface area is 115 Å². The van der Waals surface area contributed by atoms with E-state index < -0.39 is 0 Å². The second-order valence-corrected chi connectivity index (χ2v) is 5.37. The monoisotopic (exact) mass is 268 g/mol. The molecule has 3 heteroatoms. The third kappa shape index (κ3) is 2.37. The highest BCUT2D eigenvalue weighted by Crippen LogP contribution is 2.36. The fourth-order valence-corrected chi connectivity index (χ4v) is 2.86. The van der Waals surface area contributed by atoms with E-state index >= 15 is 0 Å². The van der Waals surface area contributed by atoms with E-state index in [1.165, 1.54) is 12.1 Å². The van der Waals surface area contributed by atoms with Gasteiger partial charge in [-0.15, -0.1) is 0 Å². The van der Waals surface area contributed by atoms with Crippen molar-refractivity contribution in [2.75, 3.05) is 0 Å². The molecule has 0 bridgehead atoms. The molecule has 0 spiro atoms. The second kappa shape index (κ2) is 4.86. The summed E-state index contributed by atoms with van der Waals surface area (Å²) in [6, 6.07) is 18.7. The quantitative estimate of drug-likeness (QED) is 0.677. The van der Waals surface area contributed by atoms with E-state index in [1.807, 2.05) is 48.5 Å². The Morgan fingerprint density at radius 2 is 1.32 bits per heavy atom. The maximum Gasteiger partial charge on any atom is 0.123 e. The molecule has 0 fully saturated rings. The van der Waals surface area contributed by atoms with Gasteiger partial charge in [0, 0.05) is 20.6 Å². The van der Waals surface area contributed by atoms with E-state index in [4.69, 9.17) is 0 Å². The van der Waals surface area contributed by atoms with E-state index in [2.05, 4.69) is 0 Å². The molecule has 0 radical (unpaired) electrons. The van der Waals surface area contributed by atoms with E-state index in [9.17, 15) is 10.2 Å². The van der Waals surface area contributed by atoms with Crippen molar-refractivity contribution >= 4 is 22.5 Å². The highest BCUT2D eigenvalue weighted by molar-refractivity contribution is 7.99. The lowest BCUT2D eigenvalue weighted by molar-refractivity contribution is 0.469. The van der Waals surface area contributed by atoms with Crippen LogP contribution in [0, 0.1) is 0 Å². The third-order valence-electron chi connectivity index (χ3n) is 2.92. The van der Waals surface area contributed by atoms with Crippen molar-refractivity contribution in [1.82, 2.24) is 0 Å². The average molecular weight is 268 g/mol. The highest BCUT2D eigenvalue weighted by Gasteiger charge is 2.06. The van der Waals surface area contributed by atoms with E-state index in [0.29, 0.717) is 10.8 Å². The molecular weight excluding hydrogens is 256 g/mol. The van der Waals surface area contributed by atoms with Crippen LogP contribution < -0.4 is 0 Å². The summed E-state index contributed by atoms with van der Waals surface area (Å²) in [5.41, 5.74) is 0. The molecule has 3 rings (SSSR count). The summed E-state index contributed by atoms with van der Waals surface area (Å²) in [5.74, 6) is 0.368. The lowest BCUT2D eigenvalue weighted by Gasteiger charge is -2.06. The SMILES string of the molecule is Oc1ccc(O)c2cc(Sc3ccccc3)ccc12. The van der Waals surface area contributed by atoms with Gasteiger partial charge in [0.25, 0.3) is 0 Å². The first-order chi connectivity index (χ1) is 9.24. The predicted molar refractivity (Wildman–Crippen MR) is 77.8 cm³/mol. The fraction of sp³-hybridized carbons (Fsp3) is 0. The Morgan fingerprint density at radius 3 is 2.05 bits per heavy atom. The van der Waals surface area contributed by atoms with Gasteiger partial charge in [0.1, 0.15) is 11.5 Å². The van der Waals surface area contributed by atoms with Gasteiger partial charge in [0.2, 0.25) is 0 Å². The maximum atomic E-state index is 9.87. The summed E-state index contributed by atoms with van der Waals surface area (Å²) in [7, 11) is 0. The second-order valence-electron chi connectivity index (χ2n) is 4.23. The zero-order valence-electron chi connectivity index (χ0n) is 10.1. The van der Waals surface area contributed by atoms with Crippen LogP contribution in [0.15, 0.2) is 70.5 Å². The Kier molecular flexibility index (Phi) is 3.05. The van der Waals surface area contributed by atoms with Crippen LogP contribution in [-0.4, -0.2) is 10.2 Å². The number of aromatic hydroxyl groups is 2. The predicted octanol–water partition coefficient (Wildman–Crippen LogP) is 4.40. The van der Waals surface area contributed by atoms with Crippen molar-refractivity contribution in [3.8, 4) is 11.5 Å². The van der Waals surface area contributed by atoms with Crippen molar-refractivity contribution in [3.63, 3.8) is 0 Å². The molecule has 3 aromatic rings. The third-order valence-corrected chi connectivity index (χ3v) is 3.92. The first-order valence-corrected chi connectivity index (χ1v) is 6.73. The normalized spacial score (nSPS) is 10.7. The van der Waals surface area contributed by atoms with Crippen molar-refractivity contribution < 1.29 is 10.2 Å². The molecule has 0 aliphatic carbocycles. The summed E-state index contributed by atoms with van der Waals surface area (Å²) in [5, 5.41) is 21.0. The molecule has 0 saturated heterocycles. The molecule has 0 aliphatic heterocycles. The molecule has 0 saturated carbocycles. The van der Waals surface area contributed by atoms with Crippen LogP contribution in [0.1, 0.15) is 0 Å². The van der Waals surface area contributed by atoms with Gasteiger partial charge in [0.15, 0.2) is 0 Å². The van der Waals surface area contributed by atoms with Gasteiger partial charge in [0.05, 0.1) is 0 Å². The zero-order valence-corrected chi connectivity index (χ0v) is 10.9. The van der Waals surface area contributed by atoms with Crippen LogP contribution in [-0.2, 0) is 0 Å². The molecule has 0 aliphatic rings. The number of hydrogen-bond donors (Lipinski definition) is 2. The van der Waals surface area contributed by atoms with Crippen molar-refractivity contribution in [3.05, 3.63) is 60.7 Å².